The molecule has 0 saturated carbocycles. The van der Waals surface area contributed by atoms with Crippen molar-refractivity contribution in [3.05, 3.63) is 0 Å². The van der Waals surface area contributed by atoms with E-state index in [4.69, 9.17) is 18.9 Å². The molecule has 0 amide bonds. The summed E-state index contributed by atoms with van der Waals surface area (Å²) in [6, 6.07) is 0. The molecule has 2 saturated heterocycles. The van der Waals surface area contributed by atoms with Crippen molar-refractivity contribution in [2.45, 2.75) is 158 Å². The van der Waals surface area contributed by atoms with Gasteiger partial charge in [0.05, 0.1) is 13.2 Å². The molecule has 0 unspecified atom stereocenters. The Hall–Kier alpha value is -0.930. The van der Waals surface area contributed by atoms with E-state index in [1.54, 1.807) is 0 Å². The summed E-state index contributed by atoms with van der Waals surface area (Å²) < 4.78 is 21.8. The standard InChI is InChI=1S/C29H54O12/c1-2-3-4-5-6-7-8-9-10-11-12-13-14-15-16-22(32)38-19-29(27(37)24(34)21(18-31)40-29)41-28-26(36)25(35)23(33)20(17-30)39-28/h20-21,23-28,30-31,33-37H,2-19H2,1H3/t20-,21-,23-,24-,25+,26-,27+,28-,29+/m1/s1. The Bertz CT molecular complexity index is 709. The van der Waals surface area contributed by atoms with E-state index in [-0.39, 0.29) is 6.42 Å². The molecule has 0 radical (unpaired) electrons. The molecular weight excluding hydrogens is 540 g/mol. The van der Waals surface area contributed by atoms with Crippen LogP contribution in [0.25, 0.3) is 0 Å². The fourth-order valence-corrected chi connectivity index (χ4v) is 5.33. The van der Waals surface area contributed by atoms with Crippen molar-refractivity contribution in [3.63, 3.8) is 0 Å². The first-order valence-electron chi connectivity index (χ1n) is 15.5. The molecule has 7 N–H and O–H groups in total. The zero-order chi connectivity index (χ0) is 30.3. The van der Waals surface area contributed by atoms with E-state index in [2.05, 4.69) is 6.92 Å². The summed E-state index contributed by atoms with van der Waals surface area (Å²) in [5.74, 6) is -2.83. The lowest BCUT2D eigenvalue weighted by Gasteiger charge is -2.43. The first-order valence-corrected chi connectivity index (χ1v) is 15.5. The second-order valence-corrected chi connectivity index (χ2v) is 11.4. The van der Waals surface area contributed by atoms with Crippen LogP contribution in [-0.4, -0.2) is 116 Å². The average molecular weight is 595 g/mol. The molecule has 0 bridgehead atoms. The Morgan fingerprint density at radius 2 is 1.20 bits per heavy atom. The maximum Gasteiger partial charge on any atom is 0.305 e. The highest BCUT2D eigenvalue weighted by Gasteiger charge is 2.59. The molecule has 12 heteroatoms. The summed E-state index contributed by atoms with van der Waals surface area (Å²) >= 11 is 0. The van der Waals surface area contributed by atoms with Gasteiger partial charge in [-0.1, -0.05) is 90.4 Å². The van der Waals surface area contributed by atoms with Crippen molar-refractivity contribution in [3.8, 4) is 0 Å². The quantitative estimate of drug-likeness (QED) is 0.0738. The van der Waals surface area contributed by atoms with Gasteiger partial charge in [-0.3, -0.25) is 4.79 Å². The van der Waals surface area contributed by atoms with Gasteiger partial charge in [0.2, 0.25) is 5.79 Å². The maximum atomic E-state index is 12.4. The van der Waals surface area contributed by atoms with Gasteiger partial charge >= 0.3 is 5.97 Å². The molecule has 0 aromatic heterocycles. The highest BCUT2D eigenvalue weighted by molar-refractivity contribution is 5.69. The number of aliphatic hydroxyl groups is 7. The molecule has 2 aliphatic heterocycles. The van der Waals surface area contributed by atoms with E-state index in [0.29, 0.717) is 6.42 Å². The highest BCUT2D eigenvalue weighted by atomic mass is 16.8. The molecule has 242 valence electrons. The zero-order valence-corrected chi connectivity index (χ0v) is 24.5. The van der Waals surface area contributed by atoms with Crippen molar-refractivity contribution in [1.82, 2.24) is 0 Å². The number of carbonyl (C=O) groups is 1. The van der Waals surface area contributed by atoms with E-state index in [1.165, 1.54) is 64.2 Å². The van der Waals surface area contributed by atoms with Crippen molar-refractivity contribution in [2.24, 2.45) is 0 Å². The third kappa shape index (κ3) is 11.3. The largest absolute Gasteiger partial charge is 0.460 e. The molecule has 0 aromatic carbocycles. The van der Waals surface area contributed by atoms with Crippen LogP contribution >= 0.6 is 0 Å². The molecule has 0 aromatic rings. The van der Waals surface area contributed by atoms with E-state index in [9.17, 15) is 40.5 Å². The number of hydrogen-bond donors (Lipinski definition) is 7. The summed E-state index contributed by atoms with van der Waals surface area (Å²) in [4.78, 5) is 12.4. The Kier molecular flexibility index (Phi) is 17.1. The molecule has 2 fully saturated rings. The minimum Gasteiger partial charge on any atom is -0.460 e. The van der Waals surface area contributed by atoms with Crippen molar-refractivity contribution in [2.75, 3.05) is 19.8 Å². The van der Waals surface area contributed by atoms with Crippen LogP contribution in [0.3, 0.4) is 0 Å². The van der Waals surface area contributed by atoms with Crippen LogP contribution in [0.5, 0.6) is 0 Å². The summed E-state index contributed by atoms with van der Waals surface area (Å²) in [7, 11) is 0. The molecule has 0 spiro atoms. The van der Waals surface area contributed by atoms with Crippen LogP contribution < -0.4 is 0 Å². The van der Waals surface area contributed by atoms with Gasteiger partial charge in [-0.2, -0.15) is 0 Å². The molecule has 12 nitrogen and oxygen atoms in total. The summed E-state index contributed by atoms with van der Waals surface area (Å²) in [5, 5.41) is 70.4. The van der Waals surface area contributed by atoms with E-state index in [1.807, 2.05) is 0 Å². The van der Waals surface area contributed by atoms with Crippen LogP contribution in [-0.2, 0) is 23.7 Å². The second kappa shape index (κ2) is 19.4. The average Bonchev–Trinajstić information content (AvgIpc) is 3.21. The highest BCUT2D eigenvalue weighted by Crippen LogP contribution is 2.36. The normalized spacial score (nSPS) is 33.8. The molecule has 2 aliphatic rings. The van der Waals surface area contributed by atoms with Crippen molar-refractivity contribution < 1.29 is 59.5 Å². The predicted octanol–water partition coefficient (Wildman–Crippen LogP) is 1.03. The Morgan fingerprint density at radius 1 is 0.683 bits per heavy atom. The summed E-state index contributed by atoms with van der Waals surface area (Å²) in [6.07, 6.45) is 3.72. The fourth-order valence-electron chi connectivity index (χ4n) is 5.33. The molecular formula is C29H54O12. The smallest absolute Gasteiger partial charge is 0.305 e. The van der Waals surface area contributed by atoms with Gasteiger partial charge in [-0.15, -0.1) is 0 Å². The maximum absolute atomic E-state index is 12.4. The monoisotopic (exact) mass is 594 g/mol. The number of carbonyl (C=O) groups excluding carboxylic acids is 1. The van der Waals surface area contributed by atoms with Crippen LogP contribution in [0.15, 0.2) is 0 Å². The molecule has 2 rings (SSSR count). The lowest BCUT2D eigenvalue weighted by Crippen LogP contribution is -2.62. The summed E-state index contributed by atoms with van der Waals surface area (Å²) in [6.45, 7) is 0.130. The topological polar surface area (TPSA) is 196 Å². The third-order valence-electron chi connectivity index (χ3n) is 8.02. The number of hydrogen-bond acceptors (Lipinski definition) is 12. The minimum absolute atomic E-state index is 0.121. The SMILES string of the molecule is CCCCCCCCCCCCCCCCC(=O)OC[C@@]1(O[C@H]2O[C@H](CO)[C@@H](O)[C@H](O)[C@H]2O)O[C@H](CO)[C@@H](O)[C@@H]1O. The van der Waals surface area contributed by atoms with Gasteiger partial charge in [0, 0.05) is 6.42 Å². The van der Waals surface area contributed by atoms with Crippen LogP contribution in [0.2, 0.25) is 0 Å². The number of ether oxygens (including phenoxy) is 4. The van der Waals surface area contributed by atoms with Gasteiger partial charge in [-0.05, 0) is 6.42 Å². The fraction of sp³-hybridized carbons (Fsp3) is 0.966. The zero-order valence-electron chi connectivity index (χ0n) is 24.5. The van der Waals surface area contributed by atoms with E-state index < -0.39 is 80.6 Å². The summed E-state index contributed by atoms with van der Waals surface area (Å²) in [5.41, 5.74) is 0. The van der Waals surface area contributed by atoms with E-state index in [0.717, 1.165) is 19.3 Å². The number of aliphatic hydroxyl groups excluding tert-OH is 7. The van der Waals surface area contributed by atoms with Crippen LogP contribution in [0.1, 0.15) is 103 Å². The van der Waals surface area contributed by atoms with Crippen molar-refractivity contribution in [1.29, 1.82) is 0 Å². The van der Waals surface area contributed by atoms with Gasteiger partial charge in [0.1, 0.15) is 49.3 Å². The lowest BCUT2D eigenvalue weighted by molar-refractivity contribution is -0.383. The minimum atomic E-state index is -2.24. The Morgan fingerprint density at radius 3 is 1.68 bits per heavy atom. The van der Waals surface area contributed by atoms with Gasteiger partial charge in [0.15, 0.2) is 6.29 Å². The number of unbranched alkanes of at least 4 members (excludes halogenated alkanes) is 13. The van der Waals surface area contributed by atoms with Crippen molar-refractivity contribution >= 4 is 5.97 Å². The first kappa shape index (κ1) is 36.3. The van der Waals surface area contributed by atoms with Gasteiger partial charge in [-0.25, -0.2) is 0 Å². The van der Waals surface area contributed by atoms with Crippen LogP contribution in [0.4, 0.5) is 0 Å². The third-order valence-corrected chi connectivity index (χ3v) is 8.02. The first-order chi connectivity index (χ1) is 19.7. The van der Waals surface area contributed by atoms with Crippen LogP contribution in [0, 0.1) is 0 Å². The van der Waals surface area contributed by atoms with E-state index >= 15 is 0 Å². The Labute approximate surface area is 243 Å². The number of esters is 1. The molecule has 0 aliphatic carbocycles. The second-order valence-electron chi connectivity index (χ2n) is 11.4. The Balaban J connectivity index is 1.73. The molecule has 9 atom stereocenters. The molecule has 2 heterocycles. The lowest BCUT2D eigenvalue weighted by atomic mass is 9.99. The predicted molar refractivity (Wildman–Crippen MR) is 147 cm³/mol. The van der Waals surface area contributed by atoms with Gasteiger partial charge < -0.3 is 54.7 Å². The molecule has 41 heavy (non-hydrogen) atoms. The number of rotatable bonds is 21. The van der Waals surface area contributed by atoms with Gasteiger partial charge in [0.25, 0.3) is 0 Å².